The number of carbonyl (C=O) groups is 2. The van der Waals surface area contributed by atoms with E-state index in [2.05, 4.69) is 19.1 Å². The van der Waals surface area contributed by atoms with Gasteiger partial charge in [-0.3, -0.25) is 9.59 Å². The first-order valence-electron chi connectivity index (χ1n) is 10.3. The third-order valence-electron chi connectivity index (χ3n) is 6.28. The average Bonchev–Trinajstić information content (AvgIpc) is 3.27. The summed E-state index contributed by atoms with van der Waals surface area (Å²) in [5.74, 6) is 1.31. The SMILES string of the molecule is CCOc1ccccc1C(=O)N1C[C@@H]2CN(C(C)=O)[C@H](c3ccccc3C)[C@@H]2C1. The molecular weight excluding hydrogens is 364 g/mol. The molecule has 5 heteroatoms. The Labute approximate surface area is 172 Å². The van der Waals surface area contributed by atoms with Crippen molar-refractivity contribution in [2.75, 3.05) is 26.2 Å². The number of para-hydroxylation sites is 1. The summed E-state index contributed by atoms with van der Waals surface area (Å²) in [4.78, 5) is 29.6. The van der Waals surface area contributed by atoms with E-state index in [0.717, 1.165) is 0 Å². The zero-order valence-corrected chi connectivity index (χ0v) is 17.3. The molecule has 2 heterocycles. The minimum absolute atomic E-state index is 0.0151. The van der Waals surface area contributed by atoms with Gasteiger partial charge in [-0.2, -0.15) is 0 Å². The van der Waals surface area contributed by atoms with Crippen molar-refractivity contribution in [3.8, 4) is 5.75 Å². The molecule has 0 N–H and O–H groups in total. The Bertz CT molecular complexity index is 926. The van der Waals surface area contributed by atoms with Gasteiger partial charge in [0.15, 0.2) is 0 Å². The van der Waals surface area contributed by atoms with Gasteiger partial charge < -0.3 is 14.5 Å². The zero-order chi connectivity index (χ0) is 20.5. The Morgan fingerprint density at radius 3 is 2.48 bits per heavy atom. The average molecular weight is 392 g/mol. The minimum Gasteiger partial charge on any atom is -0.493 e. The highest BCUT2D eigenvalue weighted by Crippen LogP contribution is 2.46. The molecule has 152 valence electrons. The fourth-order valence-corrected chi connectivity index (χ4v) is 4.95. The summed E-state index contributed by atoms with van der Waals surface area (Å²) >= 11 is 0. The molecule has 5 nitrogen and oxygen atoms in total. The lowest BCUT2D eigenvalue weighted by Gasteiger charge is -2.30. The highest BCUT2D eigenvalue weighted by Gasteiger charge is 2.49. The van der Waals surface area contributed by atoms with Gasteiger partial charge in [0.05, 0.1) is 18.2 Å². The molecule has 0 radical (unpaired) electrons. The van der Waals surface area contributed by atoms with Crippen molar-refractivity contribution in [1.82, 2.24) is 9.80 Å². The standard InChI is InChI=1S/C24H28N2O3/c1-4-29-22-12-8-7-11-20(22)24(28)25-13-18-14-26(17(3)27)23(21(18)15-25)19-10-6-5-9-16(19)2/h5-12,18,21,23H,4,13-15H2,1-3H3/t18-,21-,23-/m1/s1. The second-order valence-corrected chi connectivity index (χ2v) is 8.04. The second-order valence-electron chi connectivity index (χ2n) is 8.04. The molecule has 0 saturated carbocycles. The van der Waals surface area contributed by atoms with E-state index in [1.807, 2.05) is 53.1 Å². The van der Waals surface area contributed by atoms with Crippen LogP contribution in [0.4, 0.5) is 0 Å². The van der Waals surface area contributed by atoms with Crippen LogP contribution in [0.3, 0.4) is 0 Å². The van der Waals surface area contributed by atoms with Gasteiger partial charge in [0.1, 0.15) is 5.75 Å². The fraction of sp³-hybridized carbons (Fsp3) is 0.417. The second kappa shape index (κ2) is 7.90. The van der Waals surface area contributed by atoms with E-state index in [9.17, 15) is 9.59 Å². The maximum absolute atomic E-state index is 13.3. The number of benzene rings is 2. The lowest BCUT2D eigenvalue weighted by atomic mass is 9.87. The predicted molar refractivity (Wildman–Crippen MR) is 112 cm³/mol. The van der Waals surface area contributed by atoms with Crippen LogP contribution in [0.5, 0.6) is 5.75 Å². The van der Waals surface area contributed by atoms with Gasteiger partial charge in [-0.25, -0.2) is 0 Å². The van der Waals surface area contributed by atoms with Crippen LogP contribution < -0.4 is 4.74 Å². The van der Waals surface area contributed by atoms with E-state index >= 15 is 0 Å². The summed E-state index contributed by atoms with van der Waals surface area (Å²) in [5, 5.41) is 0. The summed E-state index contributed by atoms with van der Waals surface area (Å²) in [6.45, 7) is 8.23. The Hall–Kier alpha value is -2.82. The molecule has 4 rings (SSSR count). The molecule has 3 atom stereocenters. The van der Waals surface area contributed by atoms with Gasteiger partial charge in [-0.1, -0.05) is 36.4 Å². The molecular formula is C24H28N2O3. The van der Waals surface area contributed by atoms with Crippen molar-refractivity contribution < 1.29 is 14.3 Å². The summed E-state index contributed by atoms with van der Waals surface area (Å²) in [7, 11) is 0. The number of hydrogen-bond donors (Lipinski definition) is 0. The molecule has 2 aromatic rings. The van der Waals surface area contributed by atoms with Crippen molar-refractivity contribution >= 4 is 11.8 Å². The zero-order valence-electron chi connectivity index (χ0n) is 17.3. The topological polar surface area (TPSA) is 49.9 Å². The van der Waals surface area contributed by atoms with Gasteiger partial charge >= 0.3 is 0 Å². The van der Waals surface area contributed by atoms with Gasteiger partial charge in [0, 0.05) is 38.4 Å². The molecule has 2 saturated heterocycles. The molecule has 2 fully saturated rings. The van der Waals surface area contributed by atoms with Gasteiger partial charge in [0.25, 0.3) is 5.91 Å². The molecule has 0 spiro atoms. The molecule has 2 amide bonds. The highest BCUT2D eigenvalue weighted by atomic mass is 16.5. The van der Waals surface area contributed by atoms with Crippen LogP contribution in [-0.2, 0) is 4.79 Å². The van der Waals surface area contributed by atoms with E-state index < -0.39 is 0 Å². The number of hydrogen-bond acceptors (Lipinski definition) is 3. The fourth-order valence-electron chi connectivity index (χ4n) is 4.95. The lowest BCUT2D eigenvalue weighted by molar-refractivity contribution is -0.130. The van der Waals surface area contributed by atoms with Crippen LogP contribution in [0.15, 0.2) is 48.5 Å². The summed E-state index contributed by atoms with van der Waals surface area (Å²) in [5.41, 5.74) is 3.00. The number of likely N-dealkylation sites (tertiary alicyclic amines) is 2. The number of carbonyl (C=O) groups excluding carboxylic acids is 2. The van der Waals surface area contributed by atoms with Crippen LogP contribution in [0.2, 0.25) is 0 Å². The van der Waals surface area contributed by atoms with Crippen molar-refractivity contribution in [2.24, 2.45) is 11.8 Å². The van der Waals surface area contributed by atoms with Crippen LogP contribution >= 0.6 is 0 Å². The summed E-state index contributed by atoms with van der Waals surface area (Å²) < 4.78 is 5.67. The van der Waals surface area contributed by atoms with Gasteiger partial charge in [0.2, 0.25) is 5.91 Å². The van der Waals surface area contributed by atoms with Crippen LogP contribution in [0, 0.1) is 18.8 Å². The van der Waals surface area contributed by atoms with E-state index in [-0.39, 0.29) is 23.8 Å². The quantitative estimate of drug-likeness (QED) is 0.797. The first-order chi connectivity index (χ1) is 14.0. The first kappa shape index (κ1) is 19.5. The summed E-state index contributed by atoms with van der Waals surface area (Å²) in [6.07, 6.45) is 0. The maximum atomic E-state index is 13.3. The lowest BCUT2D eigenvalue weighted by Crippen LogP contribution is -2.36. The molecule has 2 aliphatic rings. The van der Waals surface area contributed by atoms with Crippen LogP contribution in [-0.4, -0.2) is 47.9 Å². The van der Waals surface area contributed by atoms with Crippen molar-refractivity contribution in [1.29, 1.82) is 0 Å². The molecule has 2 aromatic carbocycles. The van der Waals surface area contributed by atoms with Crippen molar-refractivity contribution in [3.63, 3.8) is 0 Å². The Balaban J connectivity index is 1.61. The van der Waals surface area contributed by atoms with E-state index in [4.69, 9.17) is 4.74 Å². The molecule has 2 aliphatic heterocycles. The normalized spacial score (nSPS) is 23.2. The van der Waals surface area contributed by atoms with E-state index in [0.29, 0.717) is 43.5 Å². The number of fused-ring (bicyclic) bond motifs is 1. The maximum Gasteiger partial charge on any atom is 0.257 e. The number of aryl methyl sites for hydroxylation is 1. The predicted octanol–water partition coefficient (Wildman–Crippen LogP) is 3.69. The smallest absolute Gasteiger partial charge is 0.257 e. The molecule has 29 heavy (non-hydrogen) atoms. The number of ether oxygens (including phenoxy) is 1. The highest BCUT2D eigenvalue weighted by molar-refractivity contribution is 5.97. The van der Waals surface area contributed by atoms with Gasteiger partial charge in [-0.15, -0.1) is 0 Å². The van der Waals surface area contributed by atoms with Gasteiger partial charge in [-0.05, 0) is 37.1 Å². The minimum atomic E-state index is 0.0151. The third kappa shape index (κ3) is 3.50. The monoisotopic (exact) mass is 392 g/mol. The largest absolute Gasteiger partial charge is 0.493 e. The summed E-state index contributed by atoms with van der Waals surface area (Å²) in [6, 6.07) is 15.7. The number of nitrogens with zero attached hydrogens (tertiary/aromatic N) is 2. The molecule has 0 aliphatic carbocycles. The van der Waals surface area contributed by atoms with Crippen molar-refractivity contribution in [3.05, 3.63) is 65.2 Å². The molecule has 0 aromatic heterocycles. The first-order valence-corrected chi connectivity index (χ1v) is 10.3. The van der Waals surface area contributed by atoms with Crippen molar-refractivity contribution in [2.45, 2.75) is 26.8 Å². The Morgan fingerprint density at radius 1 is 1.03 bits per heavy atom. The molecule has 0 bridgehead atoms. The number of amides is 2. The third-order valence-corrected chi connectivity index (χ3v) is 6.28. The van der Waals surface area contributed by atoms with E-state index in [1.54, 1.807) is 6.92 Å². The van der Waals surface area contributed by atoms with Crippen LogP contribution in [0.25, 0.3) is 0 Å². The molecule has 0 unspecified atom stereocenters. The van der Waals surface area contributed by atoms with E-state index in [1.165, 1.54) is 11.1 Å². The number of rotatable bonds is 4. The Kier molecular flexibility index (Phi) is 5.31. The van der Waals surface area contributed by atoms with Crippen LogP contribution in [0.1, 0.15) is 41.4 Å². The Morgan fingerprint density at radius 2 is 1.76 bits per heavy atom.